The number of fused-ring (bicyclic) bond motifs is 1. The first-order valence-corrected chi connectivity index (χ1v) is 9.50. The van der Waals surface area contributed by atoms with E-state index in [4.69, 9.17) is 4.74 Å². The molecule has 3 aromatic rings. The summed E-state index contributed by atoms with van der Waals surface area (Å²) in [6, 6.07) is 12.9. The molecule has 0 spiro atoms. The van der Waals surface area contributed by atoms with Gasteiger partial charge in [0.1, 0.15) is 5.75 Å². The second-order valence-corrected chi connectivity index (χ2v) is 8.19. The zero-order chi connectivity index (χ0) is 18.7. The number of hydrogen-bond donors (Lipinski definition) is 0. The van der Waals surface area contributed by atoms with Crippen LogP contribution in [0.3, 0.4) is 0 Å². The molecular formula is C23H30N2O. The number of aromatic nitrogens is 2. The van der Waals surface area contributed by atoms with Crippen LogP contribution in [0.5, 0.6) is 5.75 Å². The van der Waals surface area contributed by atoms with Gasteiger partial charge >= 0.3 is 0 Å². The monoisotopic (exact) mass is 350 g/mol. The number of ether oxygens (including phenoxy) is 1. The van der Waals surface area contributed by atoms with E-state index in [0.29, 0.717) is 0 Å². The van der Waals surface area contributed by atoms with E-state index >= 15 is 0 Å². The second-order valence-electron chi connectivity index (χ2n) is 8.19. The minimum absolute atomic E-state index is 0.184. The summed E-state index contributed by atoms with van der Waals surface area (Å²) in [5.41, 5.74) is 6.45. The molecule has 0 aliphatic carbocycles. The number of rotatable bonds is 6. The number of benzene rings is 2. The van der Waals surface area contributed by atoms with Gasteiger partial charge in [0.2, 0.25) is 0 Å². The predicted molar refractivity (Wildman–Crippen MR) is 109 cm³/mol. The molecule has 26 heavy (non-hydrogen) atoms. The summed E-state index contributed by atoms with van der Waals surface area (Å²) in [6.45, 7) is 12.7. The summed E-state index contributed by atoms with van der Waals surface area (Å²) in [7, 11) is 0. The van der Waals surface area contributed by atoms with Crippen LogP contribution in [-0.4, -0.2) is 16.2 Å². The van der Waals surface area contributed by atoms with Crippen LogP contribution in [0.1, 0.15) is 50.3 Å². The Hall–Kier alpha value is -2.29. The summed E-state index contributed by atoms with van der Waals surface area (Å²) in [5.74, 6) is 0.956. The Morgan fingerprint density at radius 2 is 1.65 bits per heavy atom. The number of imidazole rings is 1. The highest BCUT2D eigenvalue weighted by molar-refractivity contribution is 5.77. The third-order valence-electron chi connectivity index (χ3n) is 5.02. The molecule has 3 rings (SSSR count). The smallest absolute Gasteiger partial charge is 0.119 e. The molecule has 1 aromatic heterocycles. The Labute approximate surface area is 157 Å². The van der Waals surface area contributed by atoms with Crippen molar-refractivity contribution in [1.29, 1.82) is 0 Å². The van der Waals surface area contributed by atoms with Crippen LogP contribution in [0, 0.1) is 13.8 Å². The zero-order valence-corrected chi connectivity index (χ0v) is 16.7. The fourth-order valence-corrected chi connectivity index (χ4v) is 3.12. The number of aryl methyl sites for hydroxylation is 3. The molecule has 0 saturated carbocycles. The van der Waals surface area contributed by atoms with E-state index in [2.05, 4.69) is 80.6 Å². The van der Waals surface area contributed by atoms with Gasteiger partial charge in [-0.2, -0.15) is 0 Å². The van der Waals surface area contributed by atoms with Crippen LogP contribution in [-0.2, 0) is 12.0 Å². The highest BCUT2D eigenvalue weighted by Crippen LogP contribution is 2.24. The lowest BCUT2D eigenvalue weighted by Gasteiger charge is -2.19. The molecule has 0 bridgehead atoms. The standard InChI is InChI=1S/C23H30N2O/c1-17-14-21-22(15-18(17)2)25(16-24-21)12-6-7-13-26-20-10-8-19(9-11-20)23(3,4)5/h8-11,14-16H,6-7,12-13H2,1-5H3. The number of unbranched alkanes of at least 4 members (excludes halogenated alkanes) is 1. The van der Waals surface area contributed by atoms with E-state index in [1.54, 1.807) is 0 Å². The van der Waals surface area contributed by atoms with Gasteiger partial charge in [0.25, 0.3) is 0 Å². The van der Waals surface area contributed by atoms with Gasteiger partial charge in [0.15, 0.2) is 0 Å². The molecule has 0 saturated heterocycles. The first-order valence-electron chi connectivity index (χ1n) is 9.50. The highest BCUT2D eigenvalue weighted by atomic mass is 16.5. The van der Waals surface area contributed by atoms with Crippen LogP contribution in [0.2, 0.25) is 0 Å². The summed E-state index contributed by atoms with van der Waals surface area (Å²) >= 11 is 0. The molecule has 1 heterocycles. The number of hydrogen-bond acceptors (Lipinski definition) is 2. The Bertz CT molecular complexity index is 870. The second kappa shape index (κ2) is 7.53. The van der Waals surface area contributed by atoms with Gasteiger partial charge in [0.05, 0.1) is 24.0 Å². The minimum atomic E-state index is 0.184. The van der Waals surface area contributed by atoms with E-state index in [-0.39, 0.29) is 5.41 Å². The molecule has 138 valence electrons. The Balaban J connectivity index is 1.48. The Kier molecular flexibility index (Phi) is 5.36. The maximum Gasteiger partial charge on any atom is 0.119 e. The van der Waals surface area contributed by atoms with E-state index in [1.807, 2.05) is 6.33 Å². The number of nitrogens with zero attached hydrogens (tertiary/aromatic N) is 2. The third kappa shape index (κ3) is 4.27. The minimum Gasteiger partial charge on any atom is -0.494 e. The molecule has 0 amide bonds. The topological polar surface area (TPSA) is 27.1 Å². The molecule has 3 heteroatoms. The fraction of sp³-hybridized carbons (Fsp3) is 0.435. The fourth-order valence-electron chi connectivity index (χ4n) is 3.12. The van der Waals surface area contributed by atoms with Crippen LogP contribution in [0.4, 0.5) is 0 Å². The molecule has 0 aliphatic heterocycles. The van der Waals surface area contributed by atoms with E-state index in [0.717, 1.165) is 37.3 Å². The summed E-state index contributed by atoms with van der Waals surface area (Å²) < 4.78 is 8.14. The quantitative estimate of drug-likeness (QED) is 0.525. The molecule has 3 nitrogen and oxygen atoms in total. The summed E-state index contributed by atoms with van der Waals surface area (Å²) in [5, 5.41) is 0. The molecule has 0 radical (unpaired) electrons. The maximum atomic E-state index is 5.89. The summed E-state index contributed by atoms with van der Waals surface area (Å²) in [4.78, 5) is 4.53. The van der Waals surface area contributed by atoms with Crippen molar-refractivity contribution in [3.05, 3.63) is 59.4 Å². The van der Waals surface area contributed by atoms with Gasteiger partial charge in [-0.15, -0.1) is 0 Å². The van der Waals surface area contributed by atoms with Gasteiger partial charge in [0, 0.05) is 6.54 Å². The lowest BCUT2D eigenvalue weighted by atomic mass is 9.87. The van der Waals surface area contributed by atoms with Crippen molar-refractivity contribution in [2.45, 2.75) is 59.4 Å². The molecule has 2 aromatic carbocycles. The average Bonchev–Trinajstić information content (AvgIpc) is 2.96. The molecule has 0 aliphatic rings. The summed E-state index contributed by atoms with van der Waals surface area (Å²) in [6.07, 6.45) is 4.07. The molecular weight excluding hydrogens is 320 g/mol. The average molecular weight is 351 g/mol. The first-order chi connectivity index (χ1) is 12.3. The normalized spacial score (nSPS) is 11.9. The van der Waals surface area contributed by atoms with Crippen LogP contribution in [0.15, 0.2) is 42.7 Å². The van der Waals surface area contributed by atoms with Crippen molar-refractivity contribution in [2.24, 2.45) is 0 Å². The zero-order valence-electron chi connectivity index (χ0n) is 16.7. The molecule has 0 N–H and O–H groups in total. The van der Waals surface area contributed by atoms with Crippen molar-refractivity contribution < 1.29 is 4.74 Å². The van der Waals surface area contributed by atoms with Crippen LogP contribution >= 0.6 is 0 Å². The molecule has 0 unspecified atom stereocenters. The van der Waals surface area contributed by atoms with Gasteiger partial charge in [-0.3, -0.25) is 0 Å². The first kappa shape index (κ1) is 18.5. The Morgan fingerprint density at radius 3 is 2.35 bits per heavy atom. The molecule has 0 atom stereocenters. The third-order valence-corrected chi connectivity index (χ3v) is 5.02. The van der Waals surface area contributed by atoms with Gasteiger partial charge < -0.3 is 9.30 Å². The van der Waals surface area contributed by atoms with Gasteiger partial charge in [-0.25, -0.2) is 4.98 Å². The van der Waals surface area contributed by atoms with Crippen molar-refractivity contribution in [2.75, 3.05) is 6.61 Å². The van der Waals surface area contributed by atoms with E-state index < -0.39 is 0 Å². The van der Waals surface area contributed by atoms with Gasteiger partial charge in [-0.1, -0.05) is 32.9 Å². The van der Waals surface area contributed by atoms with Gasteiger partial charge in [-0.05, 0) is 73.1 Å². The SMILES string of the molecule is Cc1cc2ncn(CCCCOc3ccc(C(C)(C)C)cc3)c2cc1C. The van der Waals surface area contributed by atoms with Crippen LogP contribution < -0.4 is 4.74 Å². The van der Waals surface area contributed by atoms with E-state index in [1.165, 1.54) is 22.2 Å². The van der Waals surface area contributed by atoms with Crippen LogP contribution in [0.25, 0.3) is 11.0 Å². The van der Waals surface area contributed by atoms with E-state index in [9.17, 15) is 0 Å². The largest absolute Gasteiger partial charge is 0.494 e. The Morgan fingerprint density at radius 1 is 0.962 bits per heavy atom. The maximum absolute atomic E-state index is 5.89. The van der Waals surface area contributed by atoms with Crippen molar-refractivity contribution in [1.82, 2.24) is 9.55 Å². The lowest BCUT2D eigenvalue weighted by Crippen LogP contribution is -2.10. The van der Waals surface area contributed by atoms with Crippen molar-refractivity contribution in [3.8, 4) is 5.75 Å². The highest BCUT2D eigenvalue weighted by Gasteiger charge is 2.12. The predicted octanol–water partition coefficient (Wildman–Crippen LogP) is 5.81. The molecule has 0 fully saturated rings. The van der Waals surface area contributed by atoms with Crippen molar-refractivity contribution in [3.63, 3.8) is 0 Å². The lowest BCUT2D eigenvalue weighted by molar-refractivity contribution is 0.303. The van der Waals surface area contributed by atoms with Crippen molar-refractivity contribution >= 4 is 11.0 Å².